The molecule has 0 aromatic heterocycles. The third kappa shape index (κ3) is 1.46. The highest BCUT2D eigenvalue weighted by molar-refractivity contribution is 5.94. The van der Waals surface area contributed by atoms with Gasteiger partial charge in [-0.3, -0.25) is 4.79 Å². The fourth-order valence-electron chi connectivity index (χ4n) is 2.23. The summed E-state index contributed by atoms with van der Waals surface area (Å²) in [5.74, 6) is -4.07. The standard InChI is InChI=1S/C12H12N2O4/c13-8-3-1-2-6-4-5-7(10(15)16)12(14,9(6)8)11(17)18/h1-5,7H,13-14H2,(H,15,16)(H,17,18). The van der Waals surface area contributed by atoms with Crippen molar-refractivity contribution in [2.24, 2.45) is 11.7 Å². The number of carbonyl (C=O) groups is 2. The fourth-order valence-corrected chi connectivity index (χ4v) is 2.23. The zero-order valence-corrected chi connectivity index (χ0v) is 9.33. The van der Waals surface area contributed by atoms with Gasteiger partial charge in [0.25, 0.3) is 0 Å². The molecule has 0 spiro atoms. The van der Waals surface area contributed by atoms with Gasteiger partial charge in [-0.05, 0) is 11.6 Å². The Hall–Kier alpha value is -2.34. The van der Waals surface area contributed by atoms with Gasteiger partial charge in [-0.15, -0.1) is 0 Å². The number of aliphatic carboxylic acids is 2. The molecule has 0 fully saturated rings. The first-order chi connectivity index (χ1) is 8.39. The molecule has 2 unspecified atom stereocenters. The first kappa shape index (κ1) is 12.1. The molecule has 6 nitrogen and oxygen atoms in total. The summed E-state index contributed by atoms with van der Waals surface area (Å²) in [5.41, 5.74) is 10.4. The molecule has 0 saturated carbocycles. The first-order valence-electron chi connectivity index (χ1n) is 5.21. The molecule has 0 amide bonds. The topological polar surface area (TPSA) is 127 Å². The Balaban J connectivity index is 2.76. The van der Waals surface area contributed by atoms with E-state index in [2.05, 4.69) is 0 Å². The van der Waals surface area contributed by atoms with Gasteiger partial charge in [-0.25, -0.2) is 4.79 Å². The van der Waals surface area contributed by atoms with Crippen LogP contribution in [0.15, 0.2) is 24.3 Å². The van der Waals surface area contributed by atoms with Gasteiger partial charge < -0.3 is 21.7 Å². The van der Waals surface area contributed by atoms with E-state index in [0.717, 1.165) is 0 Å². The normalized spacial score (nSPS) is 25.5. The Bertz CT molecular complexity index is 567. The van der Waals surface area contributed by atoms with Crippen LogP contribution >= 0.6 is 0 Å². The molecule has 2 rings (SSSR count). The highest BCUT2D eigenvalue weighted by atomic mass is 16.4. The number of hydrogen-bond donors (Lipinski definition) is 4. The van der Waals surface area contributed by atoms with Crippen molar-refractivity contribution in [3.63, 3.8) is 0 Å². The Kier molecular flexibility index (Phi) is 2.59. The number of anilines is 1. The molecule has 2 atom stereocenters. The Morgan fingerprint density at radius 1 is 1.28 bits per heavy atom. The van der Waals surface area contributed by atoms with Crippen molar-refractivity contribution in [2.75, 3.05) is 5.73 Å². The SMILES string of the molecule is Nc1cccc2c1C(N)(C(=O)O)C(C(=O)O)C=C2. The summed E-state index contributed by atoms with van der Waals surface area (Å²) in [6.45, 7) is 0. The summed E-state index contributed by atoms with van der Waals surface area (Å²) in [5, 5.41) is 18.4. The van der Waals surface area contributed by atoms with E-state index in [-0.39, 0.29) is 11.3 Å². The molecule has 0 saturated heterocycles. The van der Waals surface area contributed by atoms with Crippen LogP contribution in [0.3, 0.4) is 0 Å². The Morgan fingerprint density at radius 3 is 2.50 bits per heavy atom. The predicted molar refractivity (Wildman–Crippen MR) is 64.5 cm³/mol. The van der Waals surface area contributed by atoms with Gasteiger partial charge >= 0.3 is 11.9 Å². The van der Waals surface area contributed by atoms with Crippen LogP contribution in [0.1, 0.15) is 11.1 Å². The monoisotopic (exact) mass is 248 g/mol. The van der Waals surface area contributed by atoms with Crippen molar-refractivity contribution < 1.29 is 19.8 Å². The number of hydrogen-bond acceptors (Lipinski definition) is 4. The summed E-state index contributed by atoms with van der Waals surface area (Å²) >= 11 is 0. The number of carboxylic acid groups (broad SMARTS) is 2. The number of carboxylic acids is 2. The zero-order chi connectivity index (χ0) is 13.5. The molecule has 1 aliphatic carbocycles. The molecule has 0 bridgehead atoms. The van der Waals surface area contributed by atoms with Crippen LogP contribution in [-0.4, -0.2) is 22.2 Å². The van der Waals surface area contributed by atoms with Crippen LogP contribution in [0, 0.1) is 5.92 Å². The van der Waals surface area contributed by atoms with Crippen LogP contribution in [-0.2, 0) is 15.1 Å². The second-order valence-electron chi connectivity index (χ2n) is 4.16. The maximum Gasteiger partial charge on any atom is 0.329 e. The van der Waals surface area contributed by atoms with Crippen molar-refractivity contribution in [1.29, 1.82) is 0 Å². The van der Waals surface area contributed by atoms with Crippen molar-refractivity contribution in [1.82, 2.24) is 0 Å². The van der Waals surface area contributed by atoms with Gasteiger partial charge in [0, 0.05) is 11.3 Å². The van der Waals surface area contributed by atoms with Gasteiger partial charge in [-0.2, -0.15) is 0 Å². The molecule has 0 radical (unpaired) electrons. The third-order valence-electron chi connectivity index (χ3n) is 3.12. The molecule has 94 valence electrons. The number of nitrogens with two attached hydrogens (primary N) is 2. The fraction of sp³-hybridized carbons (Fsp3) is 0.167. The number of fused-ring (bicyclic) bond motifs is 1. The van der Waals surface area contributed by atoms with Crippen LogP contribution < -0.4 is 11.5 Å². The maximum absolute atomic E-state index is 11.4. The highest BCUT2D eigenvalue weighted by Gasteiger charge is 2.50. The lowest BCUT2D eigenvalue weighted by Crippen LogP contribution is -2.54. The quantitative estimate of drug-likeness (QED) is 0.555. The summed E-state index contributed by atoms with van der Waals surface area (Å²) in [6, 6.07) is 4.80. The van der Waals surface area contributed by atoms with Gasteiger partial charge in [-0.1, -0.05) is 24.3 Å². The van der Waals surface area contributed by atoms with Gasteiger partial charge in [0.1, 0.15) is 5.92 Å². The lowest BCUT2D eigenvalue weighted by molar-refractivity contribution is -0.154. The molecule has 6 N–H and O–H groups in total. The number of benzene rings is 1. The molecule has 0 aliphatic heterocycles. The number of rotatable bonds is 2. The minimum atomic E-state index is -2.05. The van der Waals surface area contributed by atoms with E-state index < -0.39 is 23.4 Å². The molecule has 1 aliphatic rings. The van der Waals surface area contributed by atoms with Crippen molar-refractivity contribution in [2.45, 2.75) is 5.54 Å². The second kappa shape index (κ2) is 3.85. The molecule has 0 heterocycles. The lowest BCUT2D eigenvalue weighted by Gasteiger charge is -2.34. The smallest absolute Gasteiger partial charge is 0.329 e. The average molecular weight is 248 g/mol. The Morgan fingerprint density at radius 2 is 1.94 bits per heavy atom. The van der Waals surface area contributed by atoms with Gasteiger partial charge in [0.05, 0.1) is 0 Å². The van der Waals surface area contributed by atoms with Crippen LogP contribution in [0.25, 0.3) is 6.08 Å². The van der Waals surface area contributed by atoms with Crippen molar-refractivity contribution in [3.05, 3.63) is 35.4 Å². The van der Waals surface area contributed by atoms with E-state index in [1.165, 1.54) is 18.2 Å². The van der Waals surface area contributed by atoms with E-state index in [0.29, 0.717) is 5.56 Å². The van der Waals surface area contributed by atoms with Crippen LogP contribution in [0.2, 0.25) is 0 Å². The number of nitrogen functional groups attached to an aromatic ring is 1. The predicted octanol–water partition coefficient (Wildman–Crippen LogP) is 0.235. The summed E-state index contributed by atoms with van der Waals surface area (Å²) in [6.07, 6.45) is 2.80. The van der Waals surface area contributed by atoms with E-state index >= 15 is 0 Å². The third-order valence-corrected chi connectivity index (χ3v) is 3.12. The first-order valence-corrected chi connectivity index (χ1v) is 5.21. The molecule has 18 heavy (non-hydrogen) atoms. The summed E-state index contributed by atoms with van der Waals surface area (Å²) < 4.78 is 0. The van der Waals surface area contributed by atoms with Gasteiger partial charge in [0.2, 0.25) is 0 Å². The van der Waals surface area contributed by atoms with Crippen molar-refractivity contribution in [3.8, 4) is 0 Å². The van der Waals surface area contributed by atoms with E-state index in [9.17, 15) is 14.7 Å². The van der Waals surface area contributed by atoms with E-state index in [1.54, 1.807) is 12.1 Å². The molecule has 1 aromatic rings. The second-order valence-corrected chi connectivity index (χ2v) is 4.16. The Labute approximate surface area is 103 Å². The van der Waals surface area contributed by atoms with E-state index in [4.69, 9.17) is 16.6 Å². The summed E-state index contributed by atoms with van der Waals surface area (Å²) in [4.78, 5) is 22.6. The maximum atomic E-state index is 11.4. The largest absolute Gasteiger partial charge is 0.481 e. The van der Waals surface area contributed by atoms with Crippen LogP contribution in [0.4, 0.5) is 5.69 Å². The molecule has 1 aromatic carbocycles. The average Bonchev–Trinajstić information content (AvgIpc) is 2.28. The lowest BCUT2D eigenvalue weighted by atomic mass is 9.72. The summed E-state index contributed by atoms with van der Waals surface area (Å²) in [7, 11) is 0. The minimum absolute atomic E-state index is 0.146. The molecular weight excluding hydrogens is 236 g/mol. The minimum Gasteiger partial charge on any atom is -0.481 e. The van der Waals surface area contributed by atoms with E-state index in [1.807, 2.05) is 0 Å². The van der Waals surface area contributed by atoms with Crippen LogP contribution in [0.5, 0.6) is 0 Å². The molecular formula is C12H12N2O4. The van der Waals surface area contributed by atoms with Crippen molar-refractivity contribution >= 4 is 23.7 Å². The zero-order valence-electron chi connectivity index (χ0n) is 9.33. The van der Waals surface area contributed by atoms with Gasteiger partial charge in [0.15, 0.2) is 5.54 Å². The highest BCUT2D eigenvalue weighted by Crippen LogP contribution is 2.39. The molecule has 6 heteroatoms.